The second kappa shape index (κ2) is 9.77. The van der Waals surface area contributed by atoms with Crippen molar-refractivity contribution < 1.29 is 14.3 Å². The largest absolute Gasteiger partial charge is 0.493 e. The van der Waals surface area contributed by atoms with Gasteiger partial charge in [0.2, 0.25) is 0 Å². The number of carbonyl (C=O) groups is 1. The number of hydrogen-bond donors (Lipinski definition) is 0. The maximum atomic E-state index is 13.6. The molecule has 0 atom stereocenters. The lowest BCUT2D eigenvalue weighted by molar-refractivity contribution is -0.113. The molecule has 0 unspecified atom stereocenters. The summed E-state index contributed by atoms with van der Waals surface area (Å²) in [4.78, 5) is 20.8. The number of nitrogens with zero attached hydrogens (tertiary/aromatic N) is 2. The molecule has 0 bridgehead atoms. The third-order valence-electron chi connectivity index (χ3n) is 5.98. The van der Waals surface area contributed by atoms with E-state index in [0.717, 1.165) is 28.1 Å². The number of aliphatic imine (C=N–C) groups is 1. The van der Waals surface area contributed by atoms with Crippen LogP contribution >= 0.6 is 11.8 Å². The molecule has 6 heteroatoms. The first-order chi connectivity index (χ1) is 16.3. The molecule has 1 amide bonds. The number of aryl methyl sites for hydroxylation is 4. The Kier molecular flexibility index (Phi) is 6.80. The summed E-state index contributed by atoms with van der Waals surface area (Å²) in [6, 6.07) is 17.7. The predicted octanol–water partition coefficient (Wildman–Crippen LogP) is 6.75. The van der Waals surface area contributed by atoms with Crippen LogP contribution in [0, 0.1) is 27.7 Å². The summed E-state index contributed by atoms with van der Waals surface area (Å²) >= 11 is 1.37. The van der Waals surface area contributed by atoms with Crippen molar-refractivity contribution in [1.82, 2.24) is 0 Å². The van der Waals surface area contributed by atoms with E-state index in [2.05, 4.69) is 26.8 Å². The maximum absolute atomic E-state index is 13.6. The molecule has 1 aliphatic rings. The summed E-state index contributed by atoms with van der Waals surface area (Å²) in [7, 11) is 3.20. The maximum Gasteiger partial charge on any atom is 0.271 e. The number of rotatable bonds is 5. The summed E-state index contributed by atoms with van der Waals surface area (Å²) in [5.74, 6) is 1.15. The van der Waals surface area contributed by atoms with Crippen molar-refractivity contribution in [1.29, 1.82) is 0 Å². The van der Waals surface area contributed by atoms with Gasteiger partial charge in [-0.1, -0.05) is 18.2 Å². The van der Waals surface area contributed by atoms with Crippen LogP contribution in [0.25, 0.3) is 6.08 Å². The van der Waals surface area contributed by atoms with Crippen molar-refractivity contribution in [3.63, 3.8) is 0 Å². The lowest BCUT2D eigenvalue weighted by atomic mass is 10.1. The Labute approximate surface area is 205 Å². The number of ether oxygens (including phenoxy) is 2. The standard InChI is InChI=1S/C28H28N2O3S/c1-17-7-10-22(13-19(17)3)29-28-30(23-11-8-18(2)20(4)14-23)27(31)26(34-28)16-21-9-12-24(32-5)25(15-21)33-6/h7-16H,1-6H3/b26-16-,29-28?. The van der Waals surface area contributed by atoms with Gasteiger partial charge < -0.3 is 9.47 Å². The van der Waals surface area contributed by atoms with Gasteiger partial charge in [-0.25, -0.2) is 4.99 Å². The van der Waals surface area contributed by atoms with Gasteiger partial charge in [0.15, 0.2) is 16.7 Å². The average molecular weight is 473 g/mol. The molecule has 3 aromatic carbocycles. The Morgan fingerprint density at radius 1 is 0.794 bits per heavy atom. The Morgan fingerprint density at radius 2 is 1.47 bits per heavy atom. The first kappa shape index (κ1) is 23.6. The lowest BCUT2D eigenvalue weighted by Crippen LogP contribution is -2.28. The van der Waals surface area contributed by atoms with E-state index in [1.807, 2.05) is 61.5 Å². The van der Waals surface area contributed by atoms with Gasteiger partial charge in [-0.05, 0) is 110 Å². The molecule has 0 saturated carbocycles. The Hall–Kier alpha value is -3.51. The lowest BCUT2D eigenvalue weighted by Gasteiger charge is -2.17. The second-order valence-electron chi connectivity index (χ2n) is 8.30. The fourth-order valence-corrected chi connectivity index (χ4v) is 4.64. The highest BCUT2D eigenvalue weighted by Crippen LogP contribution is 2.39. The molecule has 174 valence electrons. The summed E-state index contributed by atoms with van der Waals surface area (Å²) < 4.78 is 10.8. The van der Waals surface area contributed by atoms with Crippen LogP contribution < -0.4 is 14.4 Å². The summed E-state index contributed by atoms with van der Waals surface area (Å²) in [5, 5.41) is 0.628. The van der Waals surface area contributed by atoms with Gasteiger partial charge in [0, 0.05) is 0 Å². The van der Waals surface area contributed by atoms with Gasteiger partial charge in [-0.2, -0.15) is 0 Å². The monoisotopic (exact) mass is 472 g/mol. The van der Waals surface area contributed by atoms with Gasteiger partial charge in [-0.15, -0.1) is 0 Å². The van der Waals surface area contributed by atoms with Crippen molar-refractivity contribution in [2.24, 2.45) is 4.99 Å². The molecule has 0 radical (unpaired) electrons. The van der Waals surface area contributed by atoms with Gasteiger partial charge >= 0.3 is 0 Å². The number of amides is 1. The van der Waals surface area contributed by atoms with Crippen LogP contribution in [0.5, 0.6) is 11.5 Å². The number of benzene rings is 3. The molecular weight excluding hydrogens is 444 g/mol. The van der Waals surface area contributed by atoms with Crippen LogP contribution in [-0.4, -0.2) is 25.3 Å². The van der Waals surface area contributed by atoms with E-state index in [1.54, 1.807) is 19.1 Å². The van der Waals surface area contributed by atoms with E-state index in [4.69, 9.17) is 14.5 Å². The van der Waals surface area contributed by atoms with Crippen LogP contribution in [0.15, 0.2) is 64.5 Å². The normalized spacial score (nSPS) is 15.9. The molecule has 3 aromatic rings. The third kappa shape index (κ3) is 4.73. The zero-order chi connectivity index (χ0) is 24.4. The van der Waals surface area contributed by atoms with Crippen LogP contribution in [0.1, 0.15) is 27.8 Å². The summed E-state index contributed by atoms with van der Waals surface area (Å²) in [6.45, 7) is 8.25. The van der Waals surface area contributed by atoms with Crippen LogP contribution in [0.3, 0.4) is 0 Å². The van der Waals surface area contributed by atoms with Crippen molar-refractivity contribution in [3.05, 3.63) is 87.3 Å². The molecule has 5 nitrogen and oxygen atoms in total. The molecule has 1 heterocycles. The second-order valence-corrected chi connectivity index (χ2v) is 9.31. The van der Waals surface area contributed by atoms with Crippen molar-refractivity contribution in [2.45, 2.75) is 27.7 Å². The number of thioether (sulfide) groups is 1. The van der Waals surface area contributed by atoms with Crippen molar-refractivity contribution >= 4 is 40.3 Å². The van der Waals surface area contributed by atoms with E-state index in [1.165, 1.54) is 22.9 Å². The number of carbonyl (C=O) groups excluding carboxylic acids is 1. The van der Waals surface area contributed by atoms with Crippen LogP contribution in [0.4, 0.5) is 11.4 Å². The minimum atomic E-state index is -0.106. The quantitative estimate of drug-likeness (QED) is 0.386. The highest BCUT2D eigenvalue weighted by Gasteiger charge is 2.35. The fraction of sp³-hybridized carbons (Fsp3) is 0.214. The molecule has 0 spiro atoms. The van der Waals surface area contributed by atoms with Crippen LogP contribution in [0.2, 0.25) is 0 Å². The fourth-order valence-electron chi connectivity index (χ4n) is 3.64. The number of methoxy groups -OCH3 is 2. The minimum absolute atomic E-state index is 0.106. The van der Waals surface area contributed by atoms with E-state index < -0.39 is 0 Å². The highest BCUT2D eigenvalue weighted by molar-refractivity contribution is 8.19. The molecule has 0 aromatic heterocycles. The predicted molar refractivity (Wildman–Crippen MR) is 142 cm³/mol. The van der Waals surface area contributed by atoms with Gasteiger partial charge in [-0.3, -0.25) is 9.69 Å². The zero-order valence-corrected chi connectivity index (χ0v) is 21.1. The first-order valence-corrected chi connectivity index (χ1v) is 11.8. The first-order valence-electron chi connectivity index (χ1n) is 11.0. The van der Waals surface area contributed by atoms with Crippen molar-refractivity contribution in [3.8, 4) is 11.5 Å². The number of anilines is 1. The summed E-state index contributed by atoms with van der Waals surface area (Å²) in [5.41, 5.74) is 7.14. The van der Waals surface area contributed by atoms with Crippen LogP contribution in [-0.2, 0) is 4.79 Å². The smallest absolute Gasteiger partial charge is 0.271 e. The highest BCUT2D eigenvalue weighted by atomic mass is 32.2. The van der Waals surface area contributed by atoms with E-state index in [9.17, 15) is 4.79 Å². The van der Waals surface area contributed by atoms with Crippen molar-refractivity contribution in [2.75, 3.05) is 19.1 Å². The molecule has 1 aliphatic heterocycles. The molecule has 0 N–H and O–H groups in total. The van der Waals surface area contributed by atoms with Gasteiger partial charge in [0.25, 0.3) is 5.91 Å². The summed E-state index contributed by atoms with van der Waals surface area (Å²) in [6.07, 6.45) is 1.87. The SMILES string of the molecule is COc1ccc(/C=C2\SC(=Nc3ccc(C)c(C)c3)N(c3ccc(C)c(C)c3)C2=O)cc1OC. The Balaban J connectivity index is 1.79. The molecule has 4 rings (SSSR count). The van der Waals surface area contributed by atoms with Gasteiger partial charge in [0.1, 0.15) is 0 Å². The van der Waals surface area contributed by atoms with E-state index >= 15 is 0 Å². The molecule has 0 aliphatic carbocycles. The third-order valence-corrected chi connectivity index (χ3v) is 6.94. The Morgan fingerprint density at radius 3 is 2.12 bits per heavy atom. The number of amidine groups is 1. The molecule has 34 heavy (non-hydrogen) atoms. The molecular formula is C28H28N2O3S. The average Bonchev–Trinajstić information content (AvgIpc) is 3.12. The topological polar surface area (TPSA) is 51.1 Å². The zero-order valence-electron chi connectivity index (χ0n) is 20.3. The Bertz CT molecular complexity index is 1330. The van der Waals surface area contributed by atoms with E-state index in [-0.39, 0.29) is 5.91 Å². The van der Waals surface area contributed by atoms with E-state index in [0.29, 0.717) is 21.6 Å². The number of hydrogen-bond acceptors (Lipinski definition) is 5. The molecule has 1 saturated heterocycles. The molecule has 1 fully saturated rings. The van der Waals surface area contributed by atoms with Gasteiger partial charge in [0.05, 0.1) is 30.5 Å². The minimum Gasteiger partial charge on any atom is -0.493 e.